The van der Waals surface area contributed by atoms with Gasteiger partial charge in [0.05, 0.1) is 13.0 Å². The lowest BCUT2D eigenvalue weighted by molar-refractivity contribution is -0.145. The largest absolute Gasteiger partial charge is 0.469 e. The van der Waals surface area contributed by atoms with Gasteiger partial charge in [0.25, 0.3) is 0 Å². The van der Waals surface area contributed by atoms with Crippen LogP contribution in [0.15, 0.2) is 0 Å². The Morgan fingerprint density at radius 1 is 1.36 bits per heavy atom. The number of rotatable bonds is 5. The summed E-state index contributed by atoms with van der Waals surface area (Å²) in [7, 11) is 1.43. The number of alkyl halides is 2. The van der Waals surface area contributed by atoms with Gasteiger partial charge in [-0.15, -0.1) is 0 Å². The monoisotopic (exact) mass is 286 g/mol. The van der Waals surface area contributed by atoms with Gasteiger partial charge in [-0.3, -0.25) is 4.79 Å². The predicted octanol–water partition coefficient (Wildman–Crippen LogP) is 2.35. The lowest BCUT2D eigenvalue weighted by Crippen LogP contribution is -2.17. The van der Waals surface area contributed by atoms with E-state index in [0.29, 0.717) is 0 Å². The first-order chi connectivity index (χ1) is 5.26. The second kappa shape index (κ2) is 7.10. The molecule has 0 rings (SSSR count). The molecule has 0 radical (unpaired) electrons. The van der Waals surface area contributed by atoms with Crippen LogP contribution in [0.25, 0.3) is 0 Å². The predicted molar refractivity (Wildman–Crippen MR) is 52.3 cm³/mol. The molecule has 2 nitrogen and oxygen atoms in total. The number of hydrogen-bond acceptors (Lipinski definition) is 2. The Bertz CT molecular complexity index is 111. The summed E-state index contributed by atoms with van der Waals surface area (Å²) in [4.78, 5) is 11.0. The van der Waals surface area contributed by atoms with Gasteiger partial charge in [-0.2, -0.15) is 0 Å². The Labute approximate surface area is 83.9 Å². The molecule has 66 valence electrons. The van der Waals surface area contributed by atoms with Gasteiger partial charge in [0.1, 0.15) is 0 Å². The van der Waals surface area contributed by atoms with Gasteiger partial charge in [0.2, 0.25) is 0 Å². The zero-order valence-electron chi connectivity index (χ0n) is 6.48. The first-order valence-corrected chi connectivity index (χ1v) is 5.70. The molecule has 0 atom stereocenters. The summed E-state index contributed by atoms with van der Waals surface area (Å²) in [5, 5.41) is 1.69. The minimum absolute atomic E-state index is 0.0405. The third kappa shape index (κ3) is 4.80. The number of halogens is 2. The molecule has 0 aliphatic carbocycles. The van der Waals surface area contributed by atoms with Crippen molar-refractivity contribution in [2.45, 2.75) is 12.8 Å². The summed E-state index contributed by atoms with van der Waals surface area (Å²) in [6, 6.07) is 0. The van der Waals surface area contributed by atoms with Crippen LogP contribution in [0.1, 0.15) is 12.8 Å². The standard InChI is InChI=1S/C7H12Br2O2/c1-11-7(10)6(2-4-8)3-5-9/h6H,2-5H2,1H3. The van der Waals surface area contributed by atoms with E-state index in [0.717, 1.165) is 23.5 Å². The molecule has 0 bridgehead atoms. The molecule has 0 heterocycles. The SMILES string of the molecule is COC(=O)C(CCBr)CCBr. The average molecular weight is 288 g/mol. The second-order valence-corrected chi connectivity index (χ2v) is 3.76. The van der Waals surface area contributed by atoms with Gasteiger partial charge in [0, 0.05) is 10.7 Å². The summed E-state index contributed by atoms with van der Waals surface area (Å²) in [5.74, 6) is -0.0670. The minimum atomic E-state index is -0.107. The van der Waals surface area contributed by atoms with Crippen molar-refractivity contribution in [2.24, 2.45) is 5.92 Å². The van der Waals surface area contributed by atoms with Crippen LogP contribution in [0.4, 0.5) is 0 Å². The zero-order valence-corrected chi connectivity index (χ0v) is 9.65. The Hall–Kier alpha value is 0.430. The molecule has 0 aromatic rings. The number of carbonyl (C=O) groups excluding carboxylic acids is 1. The lowest BCUT2D eigenvalue weighted by atomic mass is 10.0. The van der Waals surface area contributed by atoms with Crippen LogP contribution in [0.5, 0.6) is 0 Å². The van der Waals surface area contributed by atoms with Crippen molar-refractivity contribution < 1.29 is 9.53 Å². The van der Waals surface area contributed by atoms with Crippen molar-refractivity contribution in [3.05, 3.63) is 0 Å². The first kappa shape index (κ1) is 11.4. The summed E-state index contributed by atoms with van der Waals surface area (Å²) in [5.41, 5.74) is 0. The van der Waals surface area contributed by atoms with Gasteiger partial charge < -0.3 is 4.74 Å². The van der Waals surface area contributed by atoms with Crippen LogP contribution < -0.4 is 0 Å². The maximum atomic E-state index is 11.0. The summed E-state index contributed by atoms with van der Waals surface area (Å²) >= 11 is 6.59. The van der Waals surface area contributed by atoms with Gasteiger partial charge in [-0.05, 0) is 12.8 Å². The Morgan fingerprint density at radius 2 is 1.82 bits per heavy atom. The molecule has 0 amide bonds. The zero-order chi connectivity index (χ0) is 8.69. The minimum Gasteiger partial charge on any atom is -0.469 e. The fourth-order valence-corrected chi connectivity index (χ4v) is 1.92. The molecule has 0 spiro atoms. The van der Waals surface area contributed by atoms with Gasteiger partial charge in [0.15, 0.2) is 0 Å². The third-order valence-corrected chi connectivity index (χ3v) is 2.37. The van der Waals surface area contributed by atoms with Crippen LogP contribution in [-0.4, -0.2) is 23.7 Å². The molecule has 0 saturated carbocycles. The van der Waals surface area contributed by atoms with Crippen molar-refractivity contribution in [2.75, 3.05) is 17.8 Å². The van der Waals surface area contributed by atoms with Gasteiger partial charge in [-0.1, -0.05) is 31.9 Å². The van der Waals surface area contributed by atoms with E-state index in [-0.39, 0.29) is 11.9 Å². The van der Waals surface area contributed by atoms with E-state index in [1.165, 1.54) is 7.11 Å². The number of methoxy groups -OCH3 is 1. The Kier molecular flexibility index (Phi) is 7.38. The van der Waals surface area contributed by atoms with Gasteiger partial charge >= 0.3 is 5.97 Å². The maximum Gasteiger partial charge on any atom is 0.308 e. The Morgan fingerprint density at radius 3 is 2.09 bits per heavy atom. The van der Waals surface area contributed by atoms with E-state index in [9.17, 15) is 4.79 Å². The van der Waals surface area contributed by atoms with Crippen LogP contribution in [0.3, 0.4) is 0 Å². The molecular formula is C7H12Br2O2. The highest BCUT2D eigenvalue weighted by molar-refractivity contribution is 9.09. The van der Waals surface area contributed by atoms with E-state index < -0.39 is 0 Å². The van der Waals surface area contributed by atoms with Crippen molar-refractivity contribution in [1.29, 1.82) is 0 Å². The summed E-state index contributed by atoms with van der Waals surface area (Å²) < 4.78 is 4.64. The van der Waals surface area contributed by atoms with Gasteiger partial charge in [-0.25, -0.2) is 0 Å². The van der Waals surface area contributed by atoms with E-state index in [1.807, 2.05) is 0 Å². The van der Waals surface area contributed by atoms with Crippen LogP contribution in [0.2, 0.25) is 0 Å². The first-order valence-electron chi connectivity index (χ1n) is 3.46. The van der Waals surface area contributed by atoms with E-state index >= 15 is 0 Å². The fourth-order valence-electron chi connectivity index (χ4n) is 0.810. The van der Waals surface area contributed by atoms with E-state index in [4.69, 9.17) is 0 Å². The van der Waals surface area contributed by atoms with Crippen molar-refractivity contribution >= 4 is 37.8 Å². The molecule has 11 heavy (non-hydrogen) atoms. The highest BCUT2D eigenvalue weighted by atomic mass is 79.9. The number of carbonyl (C=O) groups is 1. The van der Waals surface area contributed by atoms with Crippen LogP contribution in [0, 0.1) is 5.92 Å². The molecule has 0 aromatic carbocycles. The third-order valence-electron chi connectivity index (χ3n) is 1.45. The molecule has 0 saturated heterocycles. The topological polar surface area (TPSA) is 26.3 Å². The van der Waals surface area contributed by atoms with Crippen molar-refractivity contribution in [3.63, 3.8) is 0 Å². The van der Waals surface area contributed by atoms with Crippen LogP contribution in [-0.2, 0) is 9.53 Å². The maximum absolute atomic E-state index is 11.0. The highest BCUT2D eigenvalue weighted by Gasteiger charge is 2.16. The quantitative estimate of drug-likeness (QED) is 0.573. The number of ether oxygens (including phenoxy) is 1. The molecule has 0 N–H and O–H groups in total. The van der Waals surface area contributed by atoms with E-state index in [1.54, 1.807) is 0 Å². The number of hydrogen-bond donors (Lipinski definition) is 0. The van der Waals surface area contributed by atoms with E-state index in [2.05, 4.69) is 36.6 Å². The molecule has 0 unspecified atom stereocenters. The molecular weight excluding hydrogens is 276 g/mol. The molecule has 0 aromatic heterocycles. The number of esters is 1. The normalized spacial score (nSPS) is 10.2. The molecule has 0 aliphatic rings. The van der Waals surface area contributed by atoms with Crippen molar-refractivity contribution in [3.8, 4) is 0 Å². The second-order valence-electron chi connectivity index (χ2n) is 2.18. The summed E-state index contributed by atoms with van der Waals surface area (Å²) in [6.07, 6.45) is 1.69. The fraction of sp³-hybridized carbons (Fsp3) is 0.857. The Balaban J connectivity index is 3.76. The molecule has 0 aliphatic heterocycles. The molecule has 4 heteroatoms. The molecule has 0 fully saturated rings. The lowest BCUT2D eigenvalue weighted by Gasteiger charge is -2.10. The highest BCUT2D eigenvalue weighted by Crippen LogP contribution is 2.13. The van der Waals surface area contributed by atoms with Crippen LogP contribution >= 0.6 is 31.9 Å². The average Bonchev–Trinajstić information content (AvgIpc) is 2.03. The smallest absolute Gasteiger partial charge is 0.308 e. The van der Waals surface area contributed by atoms with Crippen molar-refractivity contribution in [1.82, 2.24) is 0 Å². The summed E-state index contributed by atoms with van der Waals surface area (Å²) in [6.45, 7) is 0.